The van der Waals surface area contributed by atoms with Crippen LogP contribution in [0.1, 0.15) is 39.2 Å². The summed E-state index contributed by atoms with van der Waals surface area (Å²) >= 11 is 12.2. The lowest BCUT2D eigenvalue weighted by molar-refractivity contribution is -0.140. The second-order valence-electron chi connectivity index (χ2n) is 8.48. The predicted molar refractivity (Wildman–Crippen MR) is 144 cm³/mol. The van der Waals surface area contributed by atoms with Crippen LogP contribution in [0, 0.1) is 0 Å². The number of anilines is 1. The van der Waals surface area contributed by atoms with Gasteiger partial charge in [0.1, 0.15) is 18.3 Å². The van der Waals surface area contributed by atoms with Gasteiger partial charge in [0, 0.05) is 17.6 Å². The number of ether oxygens (including phenoxy) is 1. The molecular formula is C25H33Cl2N3O5S. The van der Waals surface area contributed by atoms with Crippen molar-refractivity contribution in [3.63, 3.8) is 0 Å². The van der Waals surface area contributed by atoms with Gasteiger partial charge in [0.2, 0.25) is 21.8 Å². The van der Waals surface area contributed by atoms with Crippen molar-refractivity contribution in [2.45, 2.75) is 52.2 Å². The highest BCUT2D eigenvalue weighted by molar-refractivity contribution is 7.92. The Morgan fingerprint density at radius 2 is 1.69 bits per heavy atom. The summed E-state index contributed by atoms with van der Waals surface area (Å²) < 4.78 is 31.5. The molecule has 0 bridgehead atoms. The number of nitrogens with one attached hydrogen (secondary N) is 1. The SMILES string of the molecule is CC[C@@H](C)NC(=O)[C@H](CC)N(Cc1ccc(OC)cc1)C(=O)CN(c1ccc(Cl)cc1Cl)S(C)(=O)=O. The van der Waals surface area contributed by atoms with Gasteiger partial charge in [-0.3, -0.25) is 13.9 Å². The zero-order valence-corrected chi connectivity index (χ0v) is 23.5. The lowest BCUT2D eigenvalue weighted by Crippen LogP contribution is -2.53. The summed E-state index contributed by atoms with van der Waals surface area (Å²) in [6.45, 7) is 5.20. The molecule has 0 spiro atoms. The van der Waals surface area contributed by atoms with Crippen LogP contribution >= 0.6 is 23.2 Å². The molecule has 2 atom stereocenters. The first kappa shape index (κ1) is 29.7. The number of rotatable bonds is 12. The topological polar surface area (TPSA) is 96.0 Å². The van der Waals surface area contributed by atoms with Gasteiger partial charge in [0.05, 0.1) is 24.1 Å². The molecule has 2 rings (SSSR count). The number of benzene rings is 2. The fourth-order valence-electron chi connectivity index (χ4n) is 3.57. The molecule has 1 N–H and O–H groups in total. The second kappa shape index (κ2) is 13.2. The van der Waals surface area contributed by atoms with E-state index in [0.717, 1.165) is 22.5 Å². The van der Waals surface area contributed by atoms with Crippen molar-refractivity contribution in [1.29, 1.82) is 0 Å². The minimum Gasteiger partial charge on any atom is -0.497 e. The molecule has 2 amide bonds. The van der Waals surface area contributed by atoms with Crippen molar-refractivity contribution in [3.05, 3.63) is 58.1 Å². The lowest BCUT2D eigenvalue weighted by Gasteiger charge is -2.33. The van der Waals surface area contributed by atoms with Crippen LogP contribution in [0.25, 0.3) is 0 Å². The second-order valence-corrected chi connectivity index (χ2v) is 11.2. The van der Waals surface area contributed by atoms with Gasteiger partial charge in [0.15, 0.2) is 0 Å². The van der Waals surface area contributed by atoms with Crippen LogP contribution < -0.4 is 14.4 Å². The van der Waals surface area contributed by atoms with E-state index in [9.17, 15) is 18.0 Å². The molecule has 198 valence electrons. The Hall–Kier alpha value is -2.49. The molecule has 0 aliphatic heterocycles. The average Bonchev–Trinajstić information content (AvgIpc) is 2.82. The monoisotopic (exact) mass is 557 g/mol. The molecule has 36 heavy (non-hydrogen) atoms. The minimum atomic E-state index is -3.90. The first-order chi connectivity index (χ1) is 16.9. The van der Waals surface area contributed by atoms with Crippen LogP contribution in [-0.4, -0.2) is 57.1 Å². The number of hydrogen-bond acceptors (Lipinski definition) is 5. The smallest absolute Gasteiger partial charge is 0.244 e. The Bertz CT molecular complexity index is 1160. The quantitative estimate of drug-likeness (QED) is 0.414. The number of amides is 2. The maximum Gasteiger partial charge on any atom is 0.244 e. The zero-order chi connectivity index (χ0) is 27.0. The maximum atomic E-state index is 13.7. The number of carbonyl (C=O) groups is 2. The number of methoxy groups -OCH3 is 1. The molecule has 2 aromatic carbocycles. The number of hydrogen-bond donors (Lipinski definition) is 1. The van der Waals surface area contributed by atoms with E-state index in [0.29, 0.717) is 17.2 Å². The number of halogens is 2. The van der Waals surface area contributed by atoms with Crippen LogP contribution in [0.15, 0.2) is 42.5 Å². The molecule has 0 saturated heterocycles. The van der Waals surface area contributed by atoms with Gasteiger partial charge in [-0.15, -0.1) is 0 Å². The Morgan fingerprint density at radius 1 is 1.06 bits per heavy atom. The van der Waals surface area contributed by atoms with Gasteiger partial charge in [-0.25, -0.2) is 8.42 Å². The first-order valence-electron chi connectivity index (χ1n) is 11.6. The van der Waals surface area contributed by atoms with E-state index in [1.165, 1.54) is 23.1 Å². The van der Waals surface area contributed by atoms with Crippen LogP contribution in [0.4, 0.5) is 5.69 Å². The highest BCUT2D eigenvalue weighted by Gasteiger charge is 2.32. The van der Waals surface area contributed by atoms with Gasteiger partial charge in [-0.2, -0.15) is 0 Å². The van der Waals surface area contributed by atoms with Crippen molar-refractivity contribution in [2.24, 2.45) is 0 Å². The molecule has 0 radical (unpaired) electrons. The van der Waals surface area contributed by atoms with Gasteiger partial charge in [0.25, 0.3) is 0 Å². The van der Waals surface area contributed by atoms with Crippen molar-refractivity contribution in [2.75, 3.05) is 24.2 Å². The third-order valence-corrected chi connectivity index (χ3v) is 7.42. The molecule has 0 unspecified atom stereocenters. The van der Waals surface area contributed by atoms with Crippen LogP contribution in [-0.2, 0) is 26.2 Å². The van der Waals surface area contributed by atoms with Crippen molar-refractivity contribution < 1.29 is 22.7 Å². The first-order valence-corrected chi connectivity index (χ1v) is 14.2. The molecule has 0 saturated carbocycles. The van der Waals surface area contributed by atoms with Gasteiger partial charge >= 0.3 is 0 Å². The Labute approximate surface area is 223 Å². The molecule has 11 heteroatoms. The van der Waals surface area contributed by atoms with Crippen molar-refractivity contribution in [3.8, 4) is 5.75 Å². The summed E-state index contributed by atoms with van der Waals surface area (Å²) in [7, 11) is -2.34. The molecule has 0 fully saturated rings. The molecule has 0 aliphatic rings. The summed E-state index contributed by atoms with van der Waals surface area (Å²) in [6, 6.07) is 10.6. The number of carbonyl (C=O) groups excluding carboxylic acids is 2. The van der Waals surface area contributed by atoms with E-state index >= 15 is 0 Å². The highest BCUT2D eigenvalue weighted by atomic mass is 35.5. The van der Waals surface area contributed by atoms with Crippen LogP contribution in [0.3, 0.4) is 0 Å². The average molecular weight is 559 g/mol. The van der Waals surface area contributed by atoms with E-state index in [1.54, 1.807) is 38.3 Å². The van der Waals surface area contributed by atoms with E-state index in [1.807, 2.05) is 13.8 Å². The molecule has 0 aliphatic carbocycles. The van der Waals surface area contributed by atoms with E-state index in [-0.39, 0.29) is 29.2 Å². The molecular weight excluding hydrogens is 525 g/mol. The summed E-state index contributed by atoms with van der Waals surface area (Å²) in [5.41, 5.74) is 0.882. The maximum absolute atomic E-state index is 13.7. The Morgan fingerprint density at radius 3 is 2.19 bits per heavy atom. The largest absolute Gasteiger partial charge is 0.497 e. The fraction of sp³-hybridized carbons (Fsp3) is 0.440. The third-order valence-electron chi connectivity index (χ3n) is 5.76. The highest BCUT2D eigenvalue weighted by Crippen LogP contribution is 2.30. The molecule has 0 heterocycles. The third kappa shape index (κ3) is 8.01. The summed E-state index contributed by atoms with van der Waals surface area (Å²) in [6.07, 6.45) is 2.06. The Kier molecular flexibility index (Phi) is 10.9. The lowest BCUT2D eigenvalue weighted by atomic mass is 10.1. The van der Waals surface area contributed by atoms with E-state index < -0.39 is 28.5 Å². The van der Waals surface area contributed by atoms with Crippen molar-refractivity contribution >= 4 is 50.7 Å². The van der Waals surface area contributed by atoms with Crippen molar-refractivity contribution in [1.82, 2.24) is 10.2 Å². The standard InChI is InChI=1S/C25H33Cl2N3O5S/c1-6-17(3)28-25(32)22(7-2)29(15-18-8-11-20(35-4)12-9-18)24(31)16-30(36(5,33)34)23-13-10-19(26)14-21(23)27/h8-14,17,22H,6-7,15-16H2,1-5H3,(H,28,32)/t17-,22+/m1/s1. The fourth-order valence-corrected chi connectivity index (χ4v) is 4.99. The summed E-state index contributed by atoms with van der Waals surface area (Å²) in [5.74, 6) is -0.198. The minimum absolute atomic E-state index is 0.0788. The van der Waals surface area contributed by atoms with Gasteiger partial charge in [-0.05, 0) is 55.7 Å². The van der Waals surface area contributed by atoms with Gasteiger partial charge < -0.3 is 15.0 Å². The molecule has 2 aromatic rings. The van der Waals surface area contributed by atoms with Gasteiger partial charge in [-0.1, -0.05) is 49.2 Å². The number of nitrogens with zero attached hydrogens (tertiary/aromatic N) is 2. The van der Waals surface area contributed by atoms with Crippen LogP contribution in [0.5, 0.6) is 5.75 Å². The predicted octanol–water partition coefficient (Wildman–Crippen LogP) is 4.49. The summed E-state index contributed by atoms with van der Waals surface area (Å²) in [4.78, 5) is 28.2. The zero-order valence-electron chi connectivity index (χ0n) is 21.1. The van der Waals surface area contributed by atoms with Crippen LogP contribution in [0.2, 0.25) is 10.0 Å². The summed E-state index contributed by atoms with van der Waals surface area (Å²) in [5, 5.41) is 3.35. The van der Waals surface area contributed by atoms with E-state index in [4.69, 9.17) is 27.9 Å². The molecule has 0 aromatic heterocycles. The Balaban J connectivity index is 2.46. The number of sulfonamides is 1. The normalized spacial score (nSPS) is 13.0. The molecule has 8 nitrogen and oxygen atoms in total. The van der Waals surface area contributed by atoms with E-state index in [2.05, 4.69) is 5.32 Å².